The van der Waals surface area contributed by atoms with Gasteiger partial charge in [0, 0.05) is 0 Å². The third-order valence-corrected chi connectivity index (χ3v) is 2.09. The van der Waals surface area contributed by atoms with E-state index in [1.54, 1.807) is 6.08 Å². The molecule has 0 fully saturated rings. The first-order chi connectivity index (χ1) is 7.63. The largest absolute Gasteiger partial charge is 0.496 e. The number of carbonyl (C=O) groups is 1. The summed E-state index contributed by atoms with van der Waals surface area (Å²) in [5, 5.41) is 8.61. The molecule has 0 aliphatic carbocycles. The standard InChI is InChI=1S/C13H14O3/c1-10(11-6-4-3-5-7-11)8-12(16-2)9-13(14)15/h3-9H,1-2H3,(H,14,15)/b10-8+,12-9+. The van der Waals surface area contributed by atoms with Crippen LogP contribution in [0.25, 0.3) is 5.57 Å². The molecule has 3 heteroatoms. The maximum absolute atomic E-state index is 10.5. The number of allylic oxidation sites excluding steroid dienone is 2. The molecular formula is C13H14O3. The van der Waals surface area contributed by atoms with E-state index >= 15 is 0 Å². The van der Waals surface area contributed by atoms with Crippen molar-refractivity contribution in [1.29, 1.82) is 0 Å². The van der Waals surface area contributed by atoms with Crippen LogP contribution in [-0.2, 0) is 9.53 Å². The molecule has 0 aromatic heterocycles. The van der Waals surface area contributed by atoms with Crippen molar-refractivity contribution in [2.24, 2.45) is 0 Å². The Labute approximate surface area is 94.7 Å². The summed E-state index contributed by atoms with van der Waals surface area (Å²) in [6.45, 7) is 1.91. The van der Waals surface area contributed by atoms with Crippen molar-refractivity contribution >= 4 is 11.5 Å². The van der Waals surface area contributed by atoms with Gasteiger partial charge in [0.1, 0.15) is 5.76 Å². The molecular weight excluding hydrogens is 204 g/mol. The average Bonchev–Trinajstić information content (AvgIpc) is 2.28. The van der Waals surface area contributed by atoms with Gasteiger partial charge >= 0.3 is 5.97 Å². The number of hydrogen-bond donors (Lipinski definition) is 1. The fourth-order valence-corrected chi connectivity index (χ4v) is 1.28. The number of aliphatic carboxylic acids is 1. The molecule has 0 spiro atoms. The SMILES string of the molecule is COC(=C/C(=O)O)/C=C(\C)c1ccccc1. The van der Waals surface area contributed by atoms with Gasteiger partial charge in [0.05, 0.1) is 13.2 Å². The van der Waals surface area contributed by atoms with Crippen LogP contribution in [0.5, 0.6) is 0 Å². The highest BCUT2D eigenvalue weighted by Gasteiger charge is 1.99. The van der Waals surface area contributed by atoms with Crippen LogP contribution in [0.2, 0.25) is 0 Å². The van der Waals surface area contributed by atoms with Gasteiger partial charge in [0.25, 0.3) is 0 Å². The Morgan fingerprint density at radius 1 is 1.25 bits per heavy atom. The molecule has 0 unspecified atom stereocenters. The normalized spacial score (nSPS) is 12.4. The molecule has 0 amide bonds. The van der Waals surface area contributed by atoms with E-state index in [1.807, 2.05) is 37.3 Å². The van der Waals surface area contributed by atoms with Crippen LogP contribution >= 0.6 is 0 Å². The second kappa shape index (κ2) is 5.75. The van der Waals surface area contributed by atoms with Gasteiger partial charge < -0.3 is 9.84 Å². The quantitative estimate of drug-likeness (QED) is 0.480. The predicted molar refractivity (Wildman–Crippen MR) is 62.8 cm³/mol. The van der Waals surface area contributed by atoms with Gasteiger partial charge in [-0.25, -0.2) is 4.79 Å². The summed E-state index contributed by atoms with van der Waals surface area (Å²) in [6, 6.07) is 9.71. The summed E-state index contributed by atoms with van der Waals surface area (Å²) in [5.41, 5.74) is 1.99. The molecule has 1 aromatic carbocycles. The molecule has 0 saturated heterocycles. The lowest BCUT2D eigenvalue weighted by atomic mass is 10.1. The monoisotopic (exact) mass is 218 g/mol. The third-order valence-electron chi connectivity index (χ3n) is 2.09. The fraction of sp³-hybridized carbons (Fsp3) is 0.154. The van der Waals surface area contributed by atoms with Crippen molar-refractivity contribution in [1.82, 2.24) is 0 Å². The highest BCUT2D eigenvalue weighted by atomic mass is 16.5. The highest BCUT2D eigenvalue weighted by Crippen LogP contribution is 2.15. The van der Waals surface area contributed by atoms with E-state index in [-0.39, 0.29) is 0 Å². The van der Waals surface area contributed by atoms with Crippen LogP contribution in [0.3, 0.4) is 0 Å². The van der Waals surface area contributed by atoms with Gasteiger partial charge in [0.15, 0.2) is 0 Å². The zero-order chi connectivity index (χ0) is 12.0. The van der Waals surface area contributed by atoms with Gasteiger partial charge in [-0.1, -0.05) is 30.3 Å². The van der Waals surface area contributed by atoms with Crippen LogP contribution in [-0.4, -0.2) is 18.2 Å². The molecule has 1 rings (SSSR count). The van der Waals surface area contributed by atoms with Crippen molar-refractivity contribution in [2.45, 2.75) is 6.92 Å². The molecule has 0 atom stereocenters. The van der Waals surface area contributed by atoms with Gasteiger partial charge in [-0.15, -0.1) is 0 Å². The number of ether oxygens (including phenoxy) is 1. The van der Waals surface area contributed by atoms with Gasteiger partial charge in [0.2, 0.25) is 0 Å². The number of hydrogen-bond acceptors (Lipinski definition) is 2. The first kappa shape index (κ1) is 12.0. The van der Waals surface area contributed by atoms with Gasteiger partial charge in [-0.3, -0.25) is 0 Å². The molecule has 16 heavy (non-hydrogen) atoms. The second-order valence-corrected chi connectivity index (χ2v) is 3.28. The first-order valence-electron chi connectivity index (χ1n) is 4.86. The lowest BCUT2D eigenvalue weighted by molar-refractivity contribution is -0.131. The first-order valence-corrected chi connectivity index (χ1v) is 4.86. The van der Waals surface area contributed by atoms with Crippen molar-refractivity contribution < 1.29 is 14.6 Å². The van der Waals surface area contributed by atoms with E-state index in [1.165, 1.54) is 7.11 Å². The van der Waals surface area contributed by atoms with Crippen LogP contribution in [0, 0.1) is 0 Å². The van der Waals surface area contributed by atoms with E-state index in [2.05, 4.69) is 0 Å². The summed E-state index contributed by atoms with van der Waals surface area (Å²) >= 11 is 0. The van der Waals surface area contributed by atoms with E-state index in [4.69, 9.17) is 9.84 Å². The number of carboxylic acid groups (broad SMARTS) is 1. The van der Waals surface area contributed by atoms with Crippen molar-refractivity contribution in [3.8, 4) is 0 Å². The molecule has 0 aliphatic heterocycles. The molecule has 0 radical (unpaired) electrons. The molecule has 0 aliphatic rings. The number of methoxy groups -OCH3 is 1. The van der Waals surface area contributed by atoms with Crippen molar-refractivity contribution in [2.75, 3.05) is 7.11 Å². The van der Waals surface area contributed by atoms with Crippen LogP contribution < -0.4 is 0 Å². The maximum atomic E-state index is 10.5. The van der Waals surface area contributed by atoms with Crippen LogP contribution in [0.4, 0.5) is 0 Å². The zero-order valence-electron chi connectivity index (χ0n) is 9.31. The van der Waals surface area contributed by atoms with Crippen molar-refractivity contribution in [3.05, 3.63) is 53.8 Å². The Morgan fingerprint density at radius 2 is 1.88 bits per heavy atom. The molecule has 1 N–H and O–H groups in total. The van der Waals surface area contributed by atoms with E-state index in [0.717, 1.165) is 17.2 Å². The number of rotatable bonds is 4. The highest BCUT2D eigenvalue weighted by molar-refractivity contribution is 5.81. The molecule has 0 heterocycles. The van der Waals surface area contributed by atoms with Crippen molar-refractivity contribution in [3.63, 3.8) is 0 Å². The van der Waals surface area contributed by atoms with Gasteiger partial charge in [-0.05, 0) is 24.1 Å². The smallest absolute Gasteiger partial charge is 0.332 e. The average molecular weight is 218 g/mol. The molecule has 84 valence electrons. The Balaban J connectivity index is 2.96. The van der Waals surface area contributed by atoms with Crippen LogP contribution in [0.15, 0.2) is 48.2 Å². The summed E-state index contributed by atoms with van der Waals surface area (Å²) < 4.78 is 4.96. The molecule has 0 bridgehead atoms. The van der Waals surface area contributed by atoms with E-state index in [9.17, 15) is 4.79 Å². The third kappa shape index (κ3) is 3.61. The minimum absolute atomic E-state index is 0.328. The zero-order valence-corrected chi connectivity index (χ0v) is 9.31. The number of benzene rings is 1. The predicted octanol–water partition coefficient (Wildman–Crippen LogP) is 2.70. The summed E-state index contributed by atoms with van der Waals surface area (Å²) in [5.74, 6) is -0.692. The summed E-state index contributed by atoms with van der Waals surface area (Å²) in [6.07, 6.45) is 2.73. The Morgan fingerprint density at radius 3 is 2.38 bits per heavy atom. The van der Waals surface area contributed by atoms with Crippen LogP contribution in [0.1, 0.15) is 12.5 Å². The second-order valence-electron chi connectivity index (χ2n) is 3.28. The lowest BCUT2D eigenvalue weighted by Gasteiger charge is -2.03. The molecule has 3 nitrogen and oxygen atoms in total. The summed E-state index contributed by atoms with van der Waals surface area (Å²) in [7, 11) is 1.45. The van der Waals surface area contributed by atoms with E-state index < -0.39 is 5.97 Å². The Bertz CT molecular complexity index is 416. The summed E-state index contributed by atoms with van der Waals surface area (Å²) in [4.78, 5) is 10.5. The maximum Gasteiger partial charge on any atom is 0.332 e. The molecule has 1 aromatic rings. The minimum atomic E-state index is -1.02. The lowest BCUT2D eigenvalue weighted by Crippen LogP contribution is -1.93. The number of carboxylic acids is 1. The topological polar surface area (TPSA) is 46.5 Å². The molecule has 0 saturated carbocycles. The van der Waals surface area contributed by atoms with Gasteiger partial charge in [-0.2, -0.15) is 0 Å². The Hall–Kier alpha value is -2.03. The minimum Gasteiger partial charge on any atom is -0.496 e. The Kier molecular flexibility index (Phi) is 4.33. The fourth-order valence-electron chi connectivity index (χ4n) is 1.28. The van der Waals surface area contributed by atoms with E-state index in [0.29, 0.717) is 5.76 Å².